The Morgan fingerprint density at radius 3 is 1.67 bits per heavy atom. The van der Waals surface area contributed by atoms with Gasteiger partial charge in [0.1, 0.15) is 5.75 Å². The number of anilines is 1. The van der Waals surface area contributed by atoms with Crippen LogP contribution in [0.4, 0.5) is 5.69 Å². The lowest BCUT2D eigenvalue weighted by Crippen LogP contribution is -2.26. The van der Waals surface area contributed by atoms with E-state index in [1.807, 2.05) is 12.1 Å². The van der Waals surface area contributed by atoms with Gasteiger partial charge in [0.15, 0.2) is 0 Å². The van der Waals surface area contributed by atoms with Crippen LogP contribution in [-0.2, 0) is 10.8 Å². The number of hydrogen-bond acceptors (Lipinski definition) is 5. The summed E-state index contributed by atoms with van der Waals surface area (Å²) < 4.78 is 2.48. The van der Waals surface area contributed by atoms with Gasteiger partial charge in [-0.3, -0.25) is 4.79 Å². The fraction of sp³-hybridized carbons (Fsp3) is 0.387. The van der Waals surface area contributed by atoms with Crippen LogP contribution in [0.2, 0.25) is 0 Å². The standard InChI is InChI=1S/C31H37NO2S2/c1-9-32(10-2)23-13-11-19(12-14-24(23)33)25-17-27-28(35-25)18-26(36-27)20-15-21(30(3,4)5)29(34)22(16-20)31(6,7)8/h11-18,34H,9-10H2,1-8H3. The Labute approximate surface area is 223 Å². The molecule has 0 saturated heterocycles. The smallest absolute Gasteiger partial charge is 0.201 e. The lowest BCUT2D eigenvalue weighted by atomic mass is 9.78. The van der Waals surface area contributed by atoms with Gasteiger partial charge in [-0.1, -0.05) is 47.6 Å². The molecule has 36 heavy (non-hydrogen) atoms. The number of rotatable bonds is 5. The summed E-state index contributed by atoms with van der Waals surface area (Å²) >= 11 is 3.55. The minimum atomic E-state index is -0.158. The molecule has 0 spiro atoms. The summed E-state index contributed by atoms with van der Waals surface area (Å²) in [5.41, 5.74) is 4.68. The zero-order valence-corrected chi connectivity index (χ0v) is 24.3. The minimum absolute atomic E-state index is 0.0576. The van der Waals surface area contributed by atoms with E-state index in [0.717, 1.165) is 41.0 Å². The lowest BCUT2D eigenvalue weighted by molar-refractivity contribution is 0.423. The predicted molar refractivity (Wildman–Crippen MR) is 159 cm³/mol. The Hall–Kier alpha value is -2.63. The van der Waals surface area contributed by atoms with Crippen molar-refractivity contribution in [1.82, 2.24) is 0 Å². The third-order valence-electron chi connectivity index (χ3n) is 6.69. The quantitative estimate of drug-likeness (QED) is 0.286. The highest BCUT2D eigenvalue weighted by atomic mass is 32.1. The zero-order chi connectivity index (χ0) is 26.4. The zero-order valence-electron chi connectivity index (χ0n) is 22.7. The van der Waals surface area contributed by atoms with Crippen LogP contribution in [0.25, 0.3) is 30.3 Å². The van der Waals surface area contributed by atoms with E-state index in [1.165, 1.54) is 19.2 Å². The summed E-state index contributed by atoms with van der Waals surface area (Å²) in [5, 5.41) is 11.1. The van der Waals surface area contributed by atoms with Crippen molar-refractivity contribution in [2.75, 3.05) is 18.0 Å². The predicted octanol–water partition coefficient (Wildman–Crippen LogP) is 8.80. The van der Waals surface area contributed by atoms with Crippen LogP contribution >= 0.6 is 22.7 Å². The van der Waals surface area contributed by atoms with Gasteiger partial charge in [-0.15, -0.1) is 22.7 Å². The number of fused-ring (bicyclic) bond motifs is 1. The molecule has 0 amide bonds. The van der Waals surface area contributed by atoms with Crippen LogP contribution in [0.5, 0.6) is 5.75 Å². The van der Waals surface area contributed by atoms with Gasteiger partial charge in [0.25, 0.3) is 0 Å². The van der Waals surface area contributed by atoms with Crippen molar-refractivity contribution >= 4 is 37.8 Å². The Morgan fingerprint density at radius 2 is 1.19 bits per heavy atom. The minimum Gasteiger partial charge on any atom is -0.507 e. The van der Waals surface area contributed by atoms with E-state index in [9.17, 15) is 9.90 Å². The third kappa shape index (κ3) is 5.09. The van der Waals surface area contributed by atoms with Gasteiger partial charge < -0.3 is 10.0 Å². The Bertz CT molecular complexity index is 1390. The molecule has 0 saturated carbocycles. The van der Waals surface area contributed by atoms with Crippen LogP contribution < -0.4 is 10.3 Å². The van der Waals surface area contributed by atoms with Crippen molar-refractivity contribution in [2.24, 2.45) is 0 Å². The van der Waals surface area contributed by atoms with Crippen LogP contribution in [0.1, 0.15) is 66.5 Å². The molecule has 0 aliphatic rings. The molecule has 2 heterocycles. The van der Waals surface area contributed by atoms with Crippen LogP contribution in [-0.4, -0.2) is 18.2 Å². The fourth-order valence-corrected chi connectivity index (χ4v) is 6.98. The Kier molecular flexibility index (Phi) is 7.11. The van der Waals surface area contributed by atoms with Gasteiger partial charge >= 0.3 is 0 Å². The highest BCUT2D eigenvalue weighted by Crippen LogP contribution is 2.46. The van der Waals surface area contributed by atoms with Gasteiger partial charge in [-0.2, -0.15) is 0 Å². The summed E-state index contributed by atoms with van der Waals surface area (Å²) in [4.78, 5) is 17.1. The number of thiophene rings is 2. The van der Waals surface area contributed by atoms with Crippen molar-refractivity contribution in [3.8, 4) is 26.6 Å². The van der Waals surface area contributed by atoms with E-state index in [0.29, 0.717) is 5.75 Å². The summed E-state index contributed by atoms with van der Waals surface area (Å²) in [6, 6.07) is 16.5. The summed E-state index contributed by atoms with van der Waals surface area (Å²) in [5.74, 6) is 0.415. The molecule has 190 valence electrons. The summed E-state index contributed by atoms with van der Waals surface area (Å²) in [7, 11) is 0. The first kappa shape index (κ1) is 26.4. The molecule has 0 unspecified atom stereocenters. The molecular weight excluding hydrogens is 482 g/mol. The highest BCUT2D eigenvalue weighted by molar-refractivity contribution is 7.31. The largest absolute Gasteiger partial charge is 0.507 e. The van der Waals surface area contributed by atoms with E-state index in [2.05, 4.69) is 90.6 Å². The Morgan fingerprint density at radius 1 is 0.722 bits per heavy atom. The molecule has 3 nitrogen and oxygen atoms in total. The molecule has 4 rings (SSSR count). The van der Waals surface area contributed by atoms with Crippen molar-refractivity contribution in [1.29, 1.82) is 0 Å². The van der Waals surface area contributed by atoms with Crippen molar-refractivity contribution in [3.05, 3.63) is 69.9 Å². The maximum atomic E-state index is 12.7. The second-order valence-electron chi connectivity index (χ2n) is 11.4. The molecule has 0 atom stereocenters. The van der Waals surface area contributed by atoms with E-state index >= 15 is 0 Å². The number of nitrogens with zero attached hydrogens (tertiary/aromatic N) is 1. The van der Waals surface area contributed by atoms with Crippen molar-refractivity contribution in [3.63, 3.8) is 0 Å². The van der Waals surface area contributed by atoms with Gasteiger partial charge in [-0.05, 0) is 78.3 Å². The maximum absolute atomic E-state index is 12.7. The SMILES string of the molecule is CCN(CC)c1ccc(-c2cc3sc(-c4cc(C(C)(C)C)c(O)c(C(C)(C)C)c4)cc3s2)ccc1=O. The molecule has 2 aromatic heterocycles. The first-order chi connectivity index (χ1) is 16.8. The lowest BCUT2D eigenvalue weighted by Gasteiger charge is -2.28. The molecule has 0 fully saturated rings. The van der Waals surface area contributed by atoms with E-state index in [-0.39, 0.29) is 16.3 Å². The van der Waals surface area contributed by atoms with Crippen molar-refractivity contribution in [2.45, 2.75) is 66.2 Å². The second kappa shape index (κ2) is 9.68. The topological polar surface area (TPSA) is 40.5 Å². The first-order valence-corrected chi connectivity index (χ1v) is 14.3. The van der Waals surface area contributed by atoms with E-state index in [4.69, 9.17) is 0 Å². The molecule has 0 radical (unpaired) electrons. The number of phenols is 1. The summed E-state index contributed by atoms with van der Waals surface area (Å²) in [6.07, 6.45) is 0. The number of phenolic OH excluding ortho intramolecular Hbond substituents is 1. The molecule has 2 aromatic carbocycles. The average molecular weight is 520 g/mol. The number of aromatic hydroxyl groups is 1. The molecule has 5 heteroatoms. The second-order valence-corrected chi connectivity index (χ2v) is 13.6. The molecule has 0 aliphatic carbocycles. The molecule has 0 aliphatic heterocycles. The van der Waals surface area contributed by atoms with Gasteiger partial charge in [0.05, 0.1) is 5.69 Å². The van der Waals surface area contributed by atoms with E-state index in [1.54, 1.807) is 28.7 Å². The molecule has 1 N–H and O–H groups in total. The number of benzene rings is 1. The normalized spacial score (nSPS) is 12.3. The molecular formula is C31H37NO2S2. The Balaban J connectivity index is 1.77. The molecule has 4 aromatic rings. The highest BCUT2D eigenvalue weighted by Gasteiger charge is 2.27. The van der Waals surface area contributed by atoms with Gasteiger partial charge in [-0.25, -0.2) is 0 Å². The summed E-state index contributed by atoms with van der Waals surface area (Å²) in [6.45, 7) is 18.7. The van der Waals surface area contributed by atoms with Crippen LogP contribution in [0.3, 0.4) is 0 Å². The average Bonchev–Trinajstić information content (AvgIpc) is 3.30. The van der Waals surface area contributed by atoms with E-state index < -0.39 is 0 Å². The van der Waals surface area contributed by atoms with Gasteiger partial charge in [0.2, 0.25) is 5.43 Å². The van der Waals surface area contributed by atoms with Gasteiger partial charge in [0, 0.05) is 43.4 Å². The fourth-order valence-electron chi connectivity index (χ4n) is 4.59. The first-order valence-electron chi connectivity index (χ1n) is 12.6. The third-order valence-corrected chi connectivity index (χ3v) is 9.09. The maximum Gasteiger partial charge on any atom is 0.201 e. The van der Waals surface area contributed by atoms with Crippen LogP contribution in [0, 0.1) is 0 Å². The van der Waals surface area contributed by atoms with Crippen LogP contribution in [0.15, 0.2) is 53.3 Å². The van der Waals surface area contributed by atoms with Crippen molar-refractivity contribution < 1.29 is 5.11 Å². The number of hydrogen-bond donors (Lipinski definition) is 1. The molecule has 0 bridgehead atoms. The monoisotopic (exact) mass is 519 g/mol.